The summed E-state index contributed by atoms with van der Waals surface area (Å²) in [6.07, 6.45) is 2.88. The van der Waals surface area contributed by atoms with Crippen LogP contribution in [-0.2, 0) is 11.2 Å². The van der Waals surface area contributed by atoms with Crippen molar-refractivity contribution < 1.29 is 9.90 Å². The molecule has 0 radical (unpaired) electrons. The van der Waals surface area contributed by atoms with Crippen molar-refractivity contribution in [2.24, 2.45) is 0 Å². The summed E-state index contributed by atoms with van der Waals surface area (Å²) >= 11 is 1.27. The summed E-state index contributed by atoms with van der Waals surface area (Å²) in [7, 11) is 0. The second kappa shape index (κ2) is 6.61. The maximum absolute atomic E-state index is 10.7. The van der Waals surface area contributed by atoms with Gasteiger partial charge in [-0.25, -0.2) is 4.98 Å². The van der Waals surface area contributed by atoms with Crippen LogP contribution in [0.3, 0.4) is 0 Å². The Morgan fingerprint density at radius 1 is 1.40 bits per heavy atom. The Bertz CT molecular complexity index is 581. The van der Waals surface area contributed by atoms with Crippen molar-refractivity contribution in [2.75, 3.05) is 5.75 Å². The Kier molecular flexibility index (Phi) is 4.84. The van der Waals surface area contributed by atoms with Gasteiger partial charge in [0.05, 0.1) is 11.4 Å². The van der Waals surface area contributed by atoms with Crippen molar-refractivity contribution in [1.29, 1.82) is 0 Å². The average Bonchev–Trinajstić information content (AvgIpc) is 2.79. The molecule has 0 saturated carbocycles. The van der Waals surface area contributed by atoms with E-state index in [1.54, 1.807) is 0 Å². The minimum Gasteiger partial charge on any atom is -0.481 e. The van der Waals surface area contributed by atoms with Gasteiger partial charge in [0.2, 0.25) is 0 Å². The number of rotatable bonds is 6. The van der Waals surface area contributed by atoms with E-state index in [1.807, 2.05) is 31.3 Å². The van der Waals surface area contributed by atoms with Crippen molar-refractivity contribution in [3.05, 3.63) is 47.8 Å². The number of thioether (sulfide) groups is 1. The highest BCUT2D eigenvalue weighted by atomic mass is 32.2. The molecule has 0 fully saturated rings. The number of aryl methyl sites for hydroxylation is 1. The summed E-state index contributed by atoms with van der Waals surface area (Å²) < 4.78 is 2.07. The SMILES string of the molecule is Cc1cn(C(C)Cc2ccccc2)c(SCC(=O)O)n1. The number of carboxylic acid groups (broad SMARTS) is 1. The number of hydrogen-bond acceptors (Lipinski definition) is 3. The summed E-state index contributed by atoms with van der Waals surface area (Å²) in [5, 5.41) is 9.56. The highest BCUT2D eigenvalue weighted by Crippen LogP contribution is 2.23. The molecular formula is C15H18N2O2S. The van der Waals surface area contributed by atoms with Gasteiger partial charge >= 0.3 is 5.97 Å². The van der Waals surface area contributed by atoms with Crippen molar-refractivity contribution in [3.63, 3.8) is 0 Å². The third-order valence-corrected chi connectivity index (χ3v) is 3.94. The lowest BCUT2D eigenvalue weighted by Crippen LogP contribution is -2.09. The summed E-state index contributed by atoms with van der Waals surface area (Å²) in [4.78, 5) is 15.1. The van der Waals surface area contributed by atoms with E-state index in [4.69, 9.17) is 5.11 Å². The van der Waals surface area contributed by atoms with Gasteiger partial charge in [-0.3, -0.25) is 4.79 Å². The van der Waals surface area contributed by atoms with Crippen LogP contribution in [0.25, 0.3) is 0 Å². The van der Waals surface area contributed by atoms with Crippen LogP contribution in [0.15, 0.2) is 41.7 Å². The normalized spacial score (nSPS) is 12.3. The van der Waals surface area contributed by atoms with Gasteiger partial charge in [0.25, 0.3) is 0 Å². The van der Waals surface area contributed by atoms with Gasteiger partial charge in [-0.2, -0.15) is 0 Å². The van der Waals surface area contributed by atoms with E-state index in [0.29, 0.717) is 0 Å². The van der Waals surface area contributed by atoms with E-state index >= 15 is 0 Å². The van der Waals surface area contributed by atoms with E-state index in [0.717, 1.165) is 17.3 Å². The van der Waals surface area contributed by atoms with Crippen LogP contribution in [-0.4, -0.2) is 26.4 Å². The topological polar surface area (TPSA) is 55.1 Å². The molecule has 2 aromatic rings. The predicted molar refractivity (Wildman–Crippen MR) is 80.2 cm³/mol. The molecule has 0 aliphatic carbocycles. The second-order valence-electron chi connectivity index (χ2n) is 4.79. The van der Waals surface area contributed by atoms with Gasteiger partial charge < -0.3 is 9.67 Å². The first-order valence-electron chi connectivity index (χ1n) is 6.50. The summed E-state index contributed by atoms with van der Waals surface area (Å²) in [5.74, 6) is -0.785. The molecule has 1 aromatic carbocycles. The second-order valence-corrected chi connectivity index (χ2v) is 5.74. The standard InChI is InChI=1S/C15H18N2O2S/c1-11-9-17(15(16-11)20-10-14(18)19)12(2)8-13-6-4-3-5-7-13/h3-7,9,12H,8,10H2,1-2H3,(H,18,19). The van der Waals surface area contributed by atoms with Gasteiger partial charge in [0.15, 0.2) is 5.16 Å². The largest absolute Gasteiger partial charge is 0.481 e. The van der Waals surface area contributed by atoms with Crippen LogP contribution in [0.5, 0.6) is 0 Å². The summed E-state index contributed by atoms with van der Waals surface area (Å²) in [5.41, 5.74) is 2.18. The number of carbonyl (C=O) groups is 1. The Morgan fingerprint density at radius 2 is 2.10 bits per heavy atom. The lowest BCUT2D eigenvalue weighted by molar-refractivity contribution is -0.133. The first-order chi connectivity index (χ1) is 9.56. The number of imidazole rings is 1. The maximum Gasteiger partial charge on any atom is 0.313 e. The zero-order valence-corrected chi connectivity index (χ0v) is 12.4. The monoisotopic (exact) mass is 290 g/mol. The Balaban J connectivity index is 2.12. The van der Waals surface area contributed by atoms with Gasteiger partial charge in [0.1, 0.15) is 0 Å². The Morgan fingerprint density at radius 3 is 2.75 bits per heavy atom. The molecule has 0 aliphatic heterocycles. The van der Waals surface area contributed by atoms with Crippen LogP contribution in [0.2, 0.25) is 0 Å². The number of nitrogens with zero attached hydrogens (tertiary/aromatic N) is 2. The van der Waals surface area contributed by atoms with Gasteiger partial charge in [0, 0.05) is 12.2 Å². The molecule has 1 unspecified atom stereocenters. The molecule has 4 nitrogen and oxygen atoms in total. The minimum atomic E-state index is -0.821. The van der Waals surface area contributed by atoms with Gasteiger partial charge in [-0.15, -0.1) is 0 Å². The fraction of sp³-hybridized carbons (Fsp3) is 0.333. The summed E-state index contributed by atoms with van der Waals surface area (Å²) in [6.45, 7) is 4.05. The molecule has 0 spiro atoms. The van der Waals surface area contributed by atoms with Crippen LogP contribution in [0.1, 0.15) is 24.2 Å². The molecule has 1 N–H and O–H groups in total. The molecule has 106 valence electrons. The van der Waals surface area contributed by atoms with E-state index in [9.17, 15) is 4.79 Å². The molecule has 1 atom stereocenters. The average molecular weight is 290 g/mol. The molecule has 2 rings (SSSR count). The van der Waals surface area contributed by atoms with Crippen molar-refractivity contribution in [1.82, 2.24) is 9.55 Å². The quantitative estimate of drug-likeness (QED) is 0.830. The molecule has 1 heterocycles. The van der Waals surface area contributed by atoms with Crippen LogP contribution in [0.4, 0.5) is 0 Å². The molecule has 0 aliphatic rings. The molecule has 0 bridgehead atoms. The smallest absolute Gasteiger partial charge is 0.313 e. The van der Waals surface area contributed by atoms with Crippen molar-refractivity contribution in [2.45, 2.75) is 31.5 Å². The lowest BCUT2D eigenvalue weighted by Gasteiger charge is -2.15. The summed E-state index contributed by atoms with van der Waals surface area (Å²) in [6, 6.07) is 10.5. The maximum atomic E-state index is 10.7. The molecular weight excluding hydrogens is 272 g/mol. The molecule has 5 heteroatoms. The van der Waals surface area contributed by atoms with Crippen LogP contribution >= 0.6 is 11.8 Å². The third-order valence-electron chi connectivity index (χ3n) is 2.99. The zero-order chi connectivity index (χ0) is 14.5. The Labute approximate surface area is 122 Å². The first kappa shape index (κ1) is 14.7. The minimum absolute atomic E-state index is 0.0362. The van der Waals surface area contributed by atoms with Crippen molar-refractivity contribution in [3.8, 4) is 0 Å². The number of carboxylic acids is 1. The van der Waals surface area contributed by atoms with E-state index < -0.39 is 5.97 Å². The fourth-order valence-electron chi connectivity index (χ4n) is 2.10. The van der Waals surface area contributed by atoms with Gasteiger partial charge in [-0.05, 0) is 25.8 Å². The van der Waals surface area contributed by atoms with E-state index in [1.165, 1.54) is 17.3 Å². The predicted octanol–water partition coefficient (Wildman–Crippen LogP) is 3.17. The number of aromatic nitrogens is 2. The van der Waals surface area contributed by atoms with E-state index in [2.05, 4.69) is 28.6 Å². The molecule has 0 saturated heterocycles. The van der Waals surface area contributed by atoms with E-state index in [-0.39, 0.29) is 11.8 Å². The number of benzene rings is 1. The van der Waals surface area contributed by atoms with Crippen molar-refractivity contribution >= 4 is 17.7 Å². The van der Waals surface area contributed by atoms with Crippen LogP contribution in [0, 0.1) is 6.92 Å². The highest BCUT2D eigenvalue weighted by Gasteiger charge is 2.14. The third kappa shape index (κ3) is 3.87. The molecule has 20 heavy (non-hydrogen) atoms. The first-order valence-corrected chi connectivity index (χ1v) is 7.49. The van der Waals surface area contributed by atoms with Gasteiger partial charge in [-0.1, -0.05) is 42.1 Å². The molecule has 0 amide bonds. The zero-order valence-electron chi connectivity index (χ0n) is 11.6. The van der Waals surface area contributed by atoms with Crippen LogP contribution < -0.4 is 0 Å². The Hall–Kier alpha value is -1.75. The highest BCUT2D eigenvalue weighted by molar-refractivity contribution is 7.99. The number of hydrogen-bond donors (Lipinski definition) is 1. The number of aliphatic carboxylic acids is 1. The lowest BCUT2D eigenvalue weighted by atomic mass is 10.1. The molecule has 1 aromatic heterocycles. The fourth-order valence-corrected chi connectivity index (χ4v) is 2.94.